The van der Waals surface area contributed by atoms with Crippen molar-refractivity contribution in [2.45, 2.75) is 67.6 Å². The molecule has 0 aromatic heterocycles. The third-order valence-electron chi connectivity index (χ3n) is 5.00. The number of benzene rings is 2. The van der Waals surface area contributed by atoms with Crippen LogP contribution in [0.2, 0.25) is 0 Å². The van der Waals surface area contributed by atoms with Gasteiger partial charge in [0.15, 0.2) is 0 Å². The summed E-state index contributed by atoms with van der Waals surface area (Å²) in [4.78, 5) is 28.0. The Hall–Kier alpha value is -3.05. The minimum Gasteiger partial charge on any atom is -0.350 e. The lowest BCUT2D eigenvalue weighted by molar-refractivity contribution is -0.137. The van der Waals surface area contributed by atoms with Crippen LogP contribution in [0.1, 0.15) is 50.7 Å². The summed E-state index contributed by atoms with van der Waals surface area (Å²) >= 11 is 0. The maximum atomic E-state index is 12.9. The Morgan fingerprint density at radius 3 is 1.89 bits per heavy atom. The first kappa shape index (κ1) is 32.0. The smallest absolute Gasteiger partial charge is 0.350 e. The number of alkyl halides is 3. The highest BCUT2D eigenvalue weighted by Crippen LogP contribution is 2.32. The van der Waals surface area contributed by atoms with E-state index < -0.39 is 32.0 Å². The van der Waals surface area contributed by atoms with Crippen molar-refractivity contribution in [3.8, 4) is 0 Å². The van der Waals surface area contributed by atoms with Crippen molar-refractivity contribution in [2.75, 3.05) is 0 Å². The lowest BCUT2D eigenvalue weighted by atomic mass is 9.89. The summed E-state index contributed by atoms with van der Waals surface area (Å²) in [7, 11) is -4.12. The lowest BCUT2D eigenvalue weighted by Gasteiger charge is -2.27. The molecule has 0 saturated carbocycles. The average Bonchev–Trinajstić information content (AvgIpc) is 2.85. The number of rotatable bonds is 9. The van der Waals surface area contributed by atoms with E-state index in [0.717, 1.165) is 31.0 Å². The SMILES string of the molecule is C=O.C=O.CCCC(N)(CCC)C(=O)NCc1ccc(S(=O)(=O)c2cccc(C(F)(F)F)c2)cc1. The van der Waals surface area contributed by atoms with Gasteiger partial charge < -0.3 is 20.6 Å². The highest BCUT2D eigenvalue weighted by molar-refractivity contribution is 7.91. The van der Waals surface area contributed by atoms with Crippen LogP contribution in [0, 0.1) is 0 Å². The number of carbonyl (C=O) groups is 3. The van der Waals surface area contributed by atoms with E-state index in [1.807, 2.05) is 27.4 Å². The molecule has 0 heterocycles. The molecular weight excluding hydrogens is 485 g/mol. The zero-order valence-electron chi connectivity index (χ0n) is 19.7. The lowest BCUT2D eigenvalue weighted by Crippen LogP contribution is -2.53. The monoisotopic (exact) mass is 516 g/mol. The maximum absolute atomic E-state index is 12.9. The van der Waals surface area contributed by atoms with Crippen molar-refractivity contribution in [3.63, 3.8) is 0 Å². The van der Waals surface area contributed by atoms with E-state index >= 15 is 0 Å². The van der Waals surface area contributed by atoms with E-state index in [1.54, 1.807) is 0 Å². The molecule has 0 saturated heterocycles. The number of hydrogen-bond donors (Lipinski definition) is 2. The molecular formula is C24H31F3N2O5S. The Labute approximate surface area is 203 Å². The van der Waals surface area contributed by atoms with E-state index in [0.29, 0.717) is 24.5 Å². The topological polar surface area (TPSA) is 123 Å². The Bertz CT molecular complexity index is 1030. The molecule has 2 aromatic rings. The first-order valence-corrected chi connectivity index (χ1v) is 12.1. The molecule has 2 rings (SSSR count). The number of carbonyl (C=O) groups excluding carboxylic acids is 3. The van der Waals surface area contributed by atoms with Crippen LogP contribution in [-0.2, 0) is 36.9 Å². The van der Waals surface area contributed by atoms with Crippen LogP contribution in [-0.4, -0.2) is 33.4 Å². The quantitative estimate of drug-likeness (QED) is 0.518. The molecule has 0 aliphatic heterocycles. The molecule has 3 N–H and O–H groups in total. The molecule has 0 bridgehead atoms. The second kappa shape index (κ2) is 14.4. The number of sulfone groups is 1. The Morgan fingerprint density at radius 1 is 0.914 bits per heavy atom. The summed E-state index contributed by atoms with van der Waals surface area (Å²) in [5, 5.41) is 2.78. The molecule has 1 amide bonds. The second-order valence-electron chi connectivity index (χ2n) is 7.51. The van der Waals surface area contributed by atoms with E-state index in [4.69, 9.17) is 15.3 Å². The molecule has 0 aliphatic rings. The predicted molar refractivity (Wildman–Crippen MR) is 126 cm³/mol. The summed E-state index contributed by atoms with van der Waals surface area (Å²) < 4.78 is 64.1. The zero-order chi connectivity index (χ0) is 27.3. The summed E-state index contributed by atoms with van der Waals surface area (Å²) in [6, 6.07) is 9.27. The molecule has 194 valence electrons. The number of nitrogens with one attached hydrogen (secondary N) is 1. The van der Waals surface area contributed by atoms with E-state index in [1.165, 1.54) is 24.3 Å². The molecule has 0 unspecified atom stereocenters. The molecule has 0 fully saturated rings. The molecule has 11 heteroatoms. The van der Waals surface area contributed by atoms with Crippen molar-refractivity contribution in [1.29, 1.82) is 0 Å². The predicted octanol–water partition coefficient (Wildman–Crippen LogP) is 4.08. The number of hydrogen-bond acceptors (Lipinski definition) is 6. The van der Waals surface area contributed by atoms with Crippen LogP contribution < -0.4 is 11.1 Å². The van der Waals surface area contributed by atoms with Gasteiger partial charge in [-0.15, -0.1) is 0 Å². The van der Waals surface area contributed by atoms with Crippen molar-refractivity contribution >= 4 is 29.3 Å². The Balaban J connectivity index is 0.00000274. The third kappa shape index (κ3) is 8.91. The zero-order valence-corrected chi connectivity index (χ0v) is 20.5. The van der Waals surface area contributed by atoms with Gasteiger partial charge in [-0.25, -0.2) is 8.42 Å². The van der Waals surface area contributed by atoms with Crippen LogP contribution in [0.3, 0.4) is 0 Å². The van der Waals surface area contributed by atoms with Gasteiger partial charge in [0, 0.05) is 6.54 Å². The fourth-order valence-electron chi connectivity index (χ4n) is 3.36. The van der Waals surface area contributed by atoms with Gasteiger partial charge in [0.2, 0.25) is 15.7 Å². The van der Waals surface area contributed by atoms with Gasteiger partial charge in [0.25, 0.3) is 0 Å². The van der Waals surface area contributed by atoms with Gasteiger partial charge in [0.05, 0.1) is 20.9 Å². The summed E-state index contributed by atoms with van der Waals surface area (Å²) in [6.07, 6.45) is -1.99. The second-order valence-corrected chi connectivity index (χ2v) is 9.46. The minimum atomic E-state index is -4.64. The first-order chi connectivity index (χ1) is 16.4. The Morgan fingerprint density at radius 2 is 1.43 bits per heavy atom. The van der Waals surface area contributed by atoms with Crippen molar-refractivity contribution in [3.05, 3.63) is 59.7 Å². The van der Waals surface area contributed by atoms with Gasteiger partial charge in [0.1, 0.15) is 13.6 Å². The fourth-order valence-corrected chi connectivity index (χ4v) is 4.67. The summed E-state index contributed by atoms with van der Waals surface area (Å²) in [5.74, 6) is -0.267. The summed E-state index contributed by atoms with van der Waals surface area (Å²) in [6.45, 7) is 8.07. The molecule has 7 nitrogen and oxygen atoms in total. The maximum Gasteiger partial charge on any atom is 0.416 e. The van der Waals surface area contributed by atoms with E-state index in [2.05, 4.69) is 5.32 Å². The molecule has 0 aliphatic carbocycles. The van der Waals surface area contributed by atoms with Gasteiger partial charge in [-0.3, -0.25) is 4.79 Å². The highest BCUT2D eigenvalue weighted by atomic mass is 32.2. The van der Waals surface area contributed by atoms with Crippen molar-refractivity contribution in [2.24, 2.45) is 5.73 Å². The number of halogens is 3. The van der Waals surface area contributed by atoms with Gasteiger partial charge in [-0.05, 0) is 48.7 Å². The van der Waals surface area contributed by atoms with Crippen LogP contribution >= 0.6 is 0 Å². The molecule has 35 heavy (non-hydrogen) atoms. The van der Waals surface area contributed by atoms with Crippen molar-refractivity contribution < 1.29 is 36.0 Å². The van der Waals surface area contributed by atoms with Crippen LogP contribution in [0.5, 0.6) is 0 Å². The van der Waals surface area contributed by atoms with E-state index in [9.17, 15) is 26.4 Å². The summed E-state index contributed by atoms with van der Waals surface area (Å²) in [5.41, 5.74) is 4.91. The average molecular weight is 517 g/mol. The van der Waals surface area contributed by atoms with Gasteiger partial charge in [-0.1, -0.05) is 44.9 Å². The number of amides is 1. The minimum absolute atomic E-state index is 0.132. The van der Waals surface area contributed by atoms with Crippen LogP contribution in [0.15, 0.2) is 58.3 Å². The van der Waals surface area contributed by atoms with Crippen molar-refractivity contribution in [1.82, 2.24) is 5.32 Å². The molecule has 0 radical (unpaired) electrons. The van der Waals surface area contributed by atoms with Gasteiger partial charge in [-0.2, -0.15) is 13.2 Å². The number of nitrogens with two attached hydrogens (primary N) is 1. The Kier molecular flexibility index (Phi) is 13.1. The molecule has 0 spiro atoms. The van der Waals surface area contributed by atoms with Gasteiger partial charge >= 0.3 is 6.18 Å². The fraction of sp³-hybridized carbons (Fsp3) is 0.375. The normalized spacial score (nSPS) is 11.4. The first-order valence-electron chi connectivity index (χ1n) is 10.6. The van der Waals surface area contributed by atoms with Crippen LogP contribution in [0.4, 0.5) is 13.2 Å². The third-order valence-corrected chi connectivity index (χ3v) is 6.77. The molecule has 2 aromatic carbocycles. The molecule has 0 atom stereocenters. The highest BCUT2D eigenvalue weighted by Gasteiger charge is 2.33. The van der Waals surface area contributed by atoms with Crippen LogP contribution in [0.25, 0.3) is 0 Å². The van der Waals surface area contributed by atoms with E-state index in [-0.39, 0.29) is 17.3 Å². The largest absolute Gasteiger partial charge is 0.416 e. The standard InChI is InChI=1S/C22H27F3N2O3S.2CH2O/c1-3-12-21(26,13-4-2)20(28)27-15-16-8-10-18(11-9-16)31(29,30)19-7-5-6-17(14-19)22(23,24)25;2*1-2/h5-11,14H,3-4,12-13,15,26H2,1-2H3,(H,27,28);2*1H2.